The molecule has 0 saturated carbocycles. The van der Waals surface area contributed by atoms with Crippen LogP contribution < -0.4 is 5.32 Å². The summed E-state index contributed by atoms with van der Waals surface area (Å²) in [6.07, 6.45) is 2.08. The average molecular weight is 297 g/mol. The molecule has 2 atom stereocenters. The Kier molecular flexibility index (Phi) is 5.40. The number of nitrogens with zero attached hydrogens (tertiary/aromatic N) is 1. The molecule has 0 spiro atoms. The Morgan fingerprint density at radius 2 is 2.10 bits per heavy atom. The fraction of sp³-hybridized carbons (Fsp3) is 0.533. The van der Waals surface area contributed by atoms with E-state index in [2.05, 4.69) is 17.4 Å². The van der Waals surface area contributed by atoms with Gasteiger partial charge >= 0.3 is 0 Å². The first-order valence-electron chi connectivity index (χ1n) is 7.03. The number of hydrogen-bond acceptors (Lipinski definition) is 3. The lowest BCUT2D eigenvalue weighted by Crippen LogP contribution is -2.49. The zero-order valence-corrected chi connectivity index (χ0v) is 12.3. The number of hydrogen-bond donors (Lipinski definition) is 1. The zero-order chi connectivity index (χ0) is 13.1. The van der Waals surface area contributed by atoms with E-state index in [-0.39, 0.29) is 30.5 Å². The second kappa shape index (κ2) is 7.07. The summed E-state index contributed by atoms with van der Waals surface area (Å²) in [4.78, 5) is 14.3. The molecule has 20 heavy (non-hydrogen) atoms. The van der Waals surface area contributed by atoms with Crippen molar-refractivity contribution in [1.29, 1.82) is 0 Å². The molecule has 4 nitrogen and oxygen atoms in total. The normalized spacial score (nSPS) is 26.1. The molecule has 2 aliphatic rings. The van der Waals surface area contributed by atoms with Crippen LogP contribution in [0.2, 0.25) is 0 Å². The number of nitrogens with one attached hydrogen (secondary N) is 1. The van der Waals surface area contributed by atoms with Crippen molar-refractivity contribution in [2.24, 2.45) is 0 Å². The van der Waals surface area contributed by atoms with Crippen LogP contribution in [0.1, 0.15) is 24.5 Å². The van der Waals surface area contributed by atoms with Gasteiger partial charge in [0.05, 0.1) is 19.2 Å². The van der Waals surface area contributed by atoms with E-state index >= 15 is 0 Å². The van der Waals surface area contributed by atoms with Crippen molar-refractivity contribution < 1.29 is 9.53 Å². The lowest BCUT2D eigenvalue weighted by Gasteiger charge is -2.34. The summed E-state index contributed by atoms with van der Waals surface area (Å²) >= 11 is 0. The molecular formula is C15H21ClN2O2. The first-order chi connectivity index (χ1) is 9.34. The van der Waals surface area contributed by atoms with Gasteiger partial charge in [0.15, 0.2) is 0 Å². The van der Waals surface area contributed by atoms with E-state index in [9.17, 15) is 4.79 Å². The standard InChI is InChI=1S/C15H20N2O2.ClH/c18-15(13-7-4-8-16-13)17-9-10-19-14(11-17)12-5-2-1-3-6-12;/h1-3,5-6,13-14,16H,4,7-11H2;1H. The van der Waals surface area contributed by atoms with Crippen molar-refractivity contribution >= 4 is 18.3 Å². The van der Waals surface area contributed by atoms with Gasteiger partial charge in [0.2, 0.25) is 5.91 Å². The van der Waals surface area contributed by atoms with Crippen LogP contribution in [0.3, 0.4) is 0 Å². The maximum atomic E-state index is 12.4. The molecule has 3 rings (SSSR count). The van der Waals surface area contributed by atoms with Crippen molar-refractivity contribution in [3.63, 3.8) is 0 Å². The first kappa shape index (κ1) is 15.3. The summed E-state index contributed by atoms with van der Waals surface area (Å²) in [6.45, 7) is 2.96. The Labute approximate surface area is 125 Å². The molecule has 2 aliphatic heterocycles. The lowest BCUT2D eigenvalue weighted by molar-refractivity contribution is -0.140. The summed E-state index contributed by atoms with van der Waals surface area (Å²) in [5.74, 6) is 0.238. The van der Waals surface area contributed by atoms with Crippen LogP contribution in [0.4, 0.5) is 0 Å². The smallest absolute Gasteiger partial charge is 0.239 e. The summed E-state index contributed by atoms with van der Waals surface area (Å²) < 4.78 is 5.79. The third-order valence-electron chi connectivity index (χ3n) is 3.91. The van der Waals surface area contributed by atoms with Gasteiger partial charge in [0, 0.05) is 6.54 Å². The van der Waals surface area contributed by atoms with Crippen LogP contribution >= 0.6 is 12.4 Å². The predicted molar refractivity (Wildman–Crippen MR) is 80.0 cm³/mol. The minimum absolute atomic E-state index is 0. The highest BCUT2D eigenvalue weighted by Gasteiger charge is 2.31. The molecule has 2 fully saturated rings. The van der Waals surface area contributed by atoms with Crippen LogP contribution in [-0.4, -0.2) is 43.1 Å². The first-order valence-corrected chi connectivity index (χ1v) is 7.03. The number of benzene rings is 1. The van der Waals surface area contributed by atoms with Crippen LogP contribution in [0.25, 0.3) is 0 Å². The molecular weight excluding hydrogens is 276 g/mol. The molecule has 5 heteroatoms. The van der Waals surface area contributed by atoms with E-state index in [1.165, 1.54) is 0 Å². The maximum absolute atomic E-state index is 12.4. The Morgan fingerprint density at radius 1 is 1.30 bits per heavy atom. The minimum atomic E-state index is 0. The van der Waals surface area contributed by atoms with Gasteiger partial charge in [-0.05, 0) is 24.9 Å². The van der Waals surface area contributed by atoms with E-state index in [0.717, 1.165) is 24.9 Å². The predicted octanol–water partition coefficient (Wildman–Crippen LogP) is 1.76. The summed E-state index contributed by atoms with van der Waals surface area (Å²) in [5, 5.41) is 3.28. The van der Waals surface area contributed by atoms with E-state index < -0.39 is 0 Å². The van der Waals surface area contributed by atoms with Gasteiger partial charge in [-0.3, -0.25) is 4.79 Å². The molecule has 1 aromatic carbocycles. The van der Waals surface area contributed by atoms with Gasteiger partial charge in [-0.25, -0.2) is 0 Å². The Hall–Kier alpha value is -1.10. The second-order valence-electron chi connectivity index (χ2n) is 5.20. The van der Waals surface area contributed by atoms with Crippen LogP contribution in [0, 0.1) is 0 Å². The molecule has 0 bridgehead atoms. The van der Waals surface area contributed by atoms with Gasteiger partial charge in [-0.1, -0.05) is 30.3 Å². The number of carbonyl (C=O) groups is 1. The van der Waals surface area contributed by atoms with Crippen molar-refractivity contribution in [2.45, 2.75) is 25.0 Å². The molecule has 1 N–H and O–H groups in total. The van der Waals surface area contributed by atoms with Crippen molar-refractivity contribution in [2.75, 3.05) is 26.2 Å². The zero-order valence-electron chi connectivity index (χ0n) is 11.5. The fourth-order valence-corrected chi connectivity index (χ4v) is 2.83. The minimum Gasteiger partial charge on any atom is -0.370 e. The summed E-state index contributed by atoms with van der Waals surface area (Å²) in [5.41, 5.74) is 1.15. The van der Waals surface area contributed by atoms with Crippen molar-refractivity contribution in [3.05, 3.63) is 35.9 Å². The van der Waals surface area contributed by atoms with Gasteiger partial charge in [0.25, 0.3) is 0 Å². The summed E-state index contributed by atoms with van der Waals surface area (Å²) in [6, 6.07) is 10.2. The third kappa shape index (κ3) is 3.32. The lowest BCUT2D eigenvalue weighted by atomic mass is 10.1. The van der Waals surface area contributed by atoms with E-state index in [1.54, 1.807) is 0 Å². The Balaban J connectivity index is 0.00000147. The monoisotopic (exact) mass is 296 g/mol. The number of halogens is 1. The third-order valence-corrected chi connectivity index (χ3v) is 3.91. The van der Waals surface area contributed by atoms with Crippen LogP contribution in [0.5, 0.6) is 0 Å². The highest BCUT2D eigenvalue weighted by Crippen LogP contribution is 2.23. The number of amides is 1. The molecule has 0 aliphatic carbocycles. The van der Waals surface area contributed by atoms with Crippen LogP contribution in [-0.2, 0) is 9.53 Å². The molecule has 2 heterocycles. The Bertz CT molecular complexity index is 435. The highest BCUT2D eigenvalue weighted by molar-refractivity contribution is 5.85. The van der Waals surface area contributed by atoms with Crippen LogP contribution in [0.15, 0.2) is 30.3 Å². The molecule has 0 radical (unpaired) electrons. The fourth-order valence-electron chi connectivity index (χ4n) is 2.83. The van der Waals surface area contributed by atoms with E-state index in [1.807, 2.05) is 23.1 Å². The number of ether oxygens (including phenoxy) is 1. The quantitative estimate of drug-likeness (QED) is 0.904. The van der Waals surface area contributed by atoms with Gasteiger partial charge in [0.1, 0.15) is 6.10 Å². The van der Waals surface area contributed by atoms with E-state index in [4.69, 9.17) is 4.74 Å². The van der Waals surface area contributed by atoms with Gasteiger partial charge in [-0.2, -0.15) is 0 Å². The SMILES string of the molecule is Cl.O=C(C1CCCN1)N1CCOC(c2ccccc2)C1. The average Bonchev–Trinajstić information content (AvgIpc) is 3.02. The molecule has 2 unspecified atom stereocenters. The number of rotatable bonds is 2. The number of morpholine rings is 1. The molecule has 1 aromatic rings. The topological polar surface area (TPSA) is 41.6 Å². The second-order valence-corrected chi connectivity index (χ2v) is 5.20. The Morgan fingerprint density at radius 3 is 2.80 bits per heavy atom. The van der Waals surface area contributed by atoms with E-state index in [0.29, 0.717) is 19.7 Å². The molecule has 2 saturated heterocycles. The summed E-state index contributed by atoms with van der Waals surface area (Å²) in [7, 11) is 0. The van der Waals surface area contributed by atoms with Crippen molar-refractivity contribution in [3.8, 4) is 0 Å². The van der Waals surface area contributed by atoms with Gasteiger partial charge in [-0.15, -0.1) is 12.4 Å². The molecule has 0 aromatic heterocycles. The largest absolute Gasteiger partial charge is 0.370 e. The highest BCUT2D eigenvalue weighted by atomic mass is 35.5. The maximum Gasteiger partial charge on any atom is 0.239 e. The van der Waals surface area contributed by atoms with Crippen molar-refractivity contribution in [1.82, 2.24) is 10.2 Å². The number of carbonyl (C=O) groups excluding carboxylic acids is 1. The molecule has 1 amide bonds. The van der Waals surface area contributed by atoms with Gasteiger partial charge < -0.3 is 15.0 Å². The molecule has 110 valence electrons.